The second-order valence-corrected chi connectivity index (χ2v) is 2.61. The van der Waals surface area contributed by atoms with Crippen molar-refractivity contribution in [1.82, 2.24) is 0 Å². The van der Waals surface area contributed by atoms with Gasteiger partial charge in [-0.05, 0) is 13.8 Å². The van der Waals surface area contributed by atoms with E-state index in [0.29, 0.717) is 0 Å². The minimum Gasteiger partial charge on any atom is -0.477 e. The Morgan fingerprint density at radius 3 is 2.27 bits per heavy atom. The third-order valence-electron chi connectivity index (χ3n) is 0.928. The Morgan fingerprint density at radius 1 is 1.55 bits per heavy atom. The highest BCUT2D eigenvalue weighted by molar-refractivity contribution is 6.38. The number of halogens is 1. The molecule has 4 nitrogen and oxygen atoms in total. The average molecular weight is 178 g/mol. The monoisotopic (exact) mass is 177 g/mol. The van der Waals surface area contributed by atoms with Gasteiger partial charge in [-0.25, -0.2) is 9.79 Å². The van der Waals surface area contributed by atoms with Gasteiger partial charge in [0.05, 0.1) is 0 Å². The molecule has 0 unspecified atom stereocenters. The zero-order valence-electron chi connectivity index (χ0n) is 6.17. The lowest BCUT2D eigenvalue weighted by Gasteiger charge is -1.95. The normalized spacial score (nSPS) is 14.3. The fourth-order valence-electron chi connectivity index (χ4n) is 0.302. The molecule has 0 aromatic heterocycles. The Morgan fingerprint density at radius 2 is 2.00 bits per heavy atom. The highest BCUT2D eigenvalue weighted by atomic mass is 35.5. The van der Waals surface area contributed by atoms with Crippen LogP contribution in [-0.2, 0) is 9.59 Å². The molecule has 1 N–H and O–H groups in total. The largest absolute Gasteiger partial charge is 0.477 e. The van der Waals surface area contributed by atoms with Crippen LogP contribution in [0.15, 0.2) is 4.99 Å². The minimum atomic E-state index is -1.21. The van der Waals surface area contributed by atoms with Gasteiger partial charge in [0.2, 0.25) is 0 Å². The van der Waals surface area contributed by atoms with Crippen LogP contribution < -0.4 is 0 Å². The first-order chi connectivity index (χ1) is 4.95. The van der Waals surface area contributed by atoms with Gasteiger partial charge in [-0.3, -0.25) is 4.79 Å². The van der Waals surface area contributed by atoms with Gasteiger partial charge in [0, 0.05) is 0 Å². The van der Waals surface area contributed by atoms with Crippen molar-refractivity contribution in [1.29, 1.82) is 0 Å². The molecule has 62 valence electrons. The summed E-state index contributed by atoms with van der Waals surface area (Å²) in [6.07, 6.45) is 0. The number of nitrogens with zero attached hydrogens (tertiary/aromatic N) is 1. The van der Waals surface area contributed by atoms with Crippen LogP contribution in [0.2, 0.25) is 0 Å². The molecule has 0 aromatic rings. The summed E-state index contributed by atoms with van der Waals surface area (Å²) < 4.78 is 0. The lowest BCUT2D eigenvalue weighted by molar-refractivity contribution is -0.129. The molecule has 5 heteroatoms. The van der Waals surface area contributed by atoms with E-state index >= 15 is 0 Å². The van der Waals surface area contributed by atoms with E-state index in [2.05, 4.69) is 4.99 Å². The Bertz CT molecular complexity index is 210. The van der Waals surface area contributed by atoms with Gasteiger partial charge in [0.15, 0.2) is 0 Å². The third kappa shape index (κ3) is 3.72. The molecule has 0 aromatic carbocycles. The summed E-state index contributed by atoms with van der Waals surface area (Å²) in [5.41, 5.74) is -0.248. The fraction of sp³-hybridized carbons (Fsp3) is 0.500. The molecule has 0 aliphatic carbocycles. The highest BCUT2D eigenvalue weighted by Crippen LogP contribution is 1.96. The third-order valence-corrected chi connectivity index (χ3v) is 1.11. The second kappa shape index (κ2) is 4.08. The van der Waals surface area contributed by atoms with Crippen LogP contribution >= 0.6 is 11.6 Å². The van der Waals surface area contributed by atoms with E-state index in [9.17, 15) is 9.59 Å². The molecule has 1 amide bonds. The van der Waals surface area contributed by atoms with Crippen molar-refractivity contribution in [2.45, 2.75) is 19.2 Å². The van der Waals surface area contributed by atoms with Crippen LogP contribution in [0.3, 0.4) is 0 Å². The number of rotatable bonds is 2. The van der Waals surface area contributed by atoms with Crippen LogP contribution in [0.25, 0.3) is 0 Å². The summed E-state index contributed by atoms with van der Waals surface area (Å²) in [4.78, 5) is 24.0. The molecule has 0 aliphatic rings. The quantitative estimate of drug-likeness (QED) is 0.499. The van der Waals surface area contributed by atoms with E-state index < -0.39 is 17.3 Å². The predicted octanol–water partition coefficient (Wildman–Crippen LogP) is 0.686. The molecule has 0 spiro atoms. The minimum absolute atomic E-state index is 0.248. The SMILES string of the molecule is CC(=NC(=O)[C@H](C)Cl)C(=O)O. The molecule has 0 bridgehead atoms. The van der Waals surface area contributed by atoms with Crippen LogP contribution in [0.4, 0.5) is 0 Å². The number of aliphatic imine (C=N–C) groups is 1. The van der Waals surface area contributed by atoms with Crippen LogP contribution in [0.1, 0.15) is 13.8 Å². The number of carbonyl (C=O) groups excluding carboxylic acids is 1. The molecular formula is C6H8ClNO3. The van der Waals surface area contributed by atoms with E-state index in [0.717, 1.165) is 0 Å². The molecule has 0 aliphatic heterocycles. The van der Waals surface area contributed by atoms with E-state index in [1.54, 1.807) is 0 Å². The van der Waals surface area contributed by atoms with Crippen LogP contribution in [-0.4, -0.2) is 28.1 Å². The summed E-state index contributed by atoms with van der Waals surface area (Å²) in [7, 11) is 0. The fourth-order valence-corrected chi connectivity index (χ4v) is 0.351. The van der Waals surface area contributed by atoms with Gasteiger partial charge in [-0.15, -0.1) is 11.6 Å². The van der Waals surface area contributed by atoms with E-state index in [1.807, 2.05) is 0 Å². The molecule has 0 saturated heterocycles. The second-order valence-electron chi connectivity index (χ2n) is 1.96. The summed E-state index contributed by atoms with van der Waals surface area (Å²) in [5, 5.41) is 7.51. The molecule has 0 radical (unpaired) electrons. The molecular weight excluding hydrogens is 170 g/mol. The van der Waals surface area contributed by atoms with Gasteiger partial charge in [0.1, 0.15) is 11.1 Å². The van der Waals surface area contributed by atoms with Crippen LogP contribution in [0, 0.1) is 0 Å². The number of carboxylic acids is 1. The van der Waals surface area contributed by atoms with E-state index in [1.165, 1.54) is 13.8 Å². The lowest BCUT2D eigenvalue weighted by atomic mass is 10.4. The summed E-state index contributed by atoms with van der Waals surface area (Å²) in [6.45, 7) is 2.67. The van der Waals surface area contributed by atoms with E-state index in [-0.39, 0.29) is 5.71 Å². The molecule has 11 heavy (non-hydrogen) atoms. The zero-order chi connectivity index (χ0) is 9.02. The van der Waals surface area contributed by atoms with Crippen molar-refractivity contribution >= 4 is 29.2 Å². The Labute approximate surface area is 68.9 Å². The first-order valence-electron chi connectivity index (χ1n) is 2.91. The zero-order valence-corrected chi connectivity index (χ0v) is 6.92. The van der Waals surface area contributed by atoms with Gasteiger partial charge in [0.25, 0.3) is 5.91 Å². The van der Waals surface area contributed by atoms with Crippen LogP contribution in [0.5, 0.6) is 0 Å². The number of aliphatic carboxylic acids is 1. The Balaban J connectivity index is 4.32. The first-order valence-corrected chi connectivity index (χ1v) is 3.35. The Kier molecular flexibility index (Phi) is 3.74. The first kappa shape index (κ1) is 10.1. The van der Waals surface area contributed by atoms with Crippen molar-refractivity contribution in [3.8, 4) is 0 Å². The van der Waals surface area contributed by atoms with Crippen molar-refractivity contribution in [3.63, 3.8) is 0 Å². The van der Waals surface area contributed by atoms with Crippen molar-refractivity contribution < 1.29 is 14.7 Å². The average Bonchev–Trinajstić information content (AvgIpc) is 1.87. The number of hydrogen-bond donors (Lipinski definition) is 1. The number of carbonyl (C=O) groups is 2. The van der Waals surface area contributed by atoms with Crippen molar-refractivity contribution in [2.75, 3.05) is 0 Å². The lowest BCUT2D eigenvalue weighted by Crippen LogP contribution is -2.14. The summed E-state index contributed by atoms with van der Waals surface area (Å²) in [5.74, 6) is -1.85. The molecule has 0 heterocycles. The maximum Gasteiger partial charge on any atom is 0.350 e. The molecule has 0 saturated carbocycles. The van der Waals surface area contributed by atoms with Gasteiger partial charge < -0.3 is 5.11 Å². The van der Waals surface area contributed by atoms with Gasteiger partial charge >= 0.3 is 5.97 Å². The maximum atomic E-state index is 10.7. The molecule has 0 fully saturated rings. The number of carboxylic acid groups (broad SMARTS) is 1. The summed E-state index contributed by atoms with van der Waals surface area (Å²) >= 11 is 5.33. The number of hydrogen-bond acceptors (Lipinski definition) is 2. The number of alkyl halides is 1. The topological polar surface area (TPSA) is 66.7 Å². The Hall–Kier alpha value is -0.900. The van der Waals surface area contributed by atoms with Crippen molar-refractivity contribution in [3.05, 3.63) is 0 Å². The molecule has 1 atom stereocenters. The number of amides is 1. The summed E-state index contributed by atoms with van der Waals surface area (Å²) in [6, 6.07) is 0. The van der Waals surface area contributed by atoms with Gasteiger partial charge in [-0.1, -0.05) is 0 Å². The predicted molar refractivity (Wildman–Crippen MR) is 41.1 cm³/mol. The maximum absolute atomic E-state index is 10.7. The van der Waals surface area contributed by atoms with Crippen molar-refractivity contribution in [2.24, 2.45) is 4.99 Å². The van der Waals surface area contributed by atoms with E-state index in [4.69, 9.17) is 16.7 Å². The standard InChI is InChI=1S/C6H8ClNO3/c1-3(7)5(9)8-4(2)6(10)11/h3H,1-2H3,(H,10,11)/t3-/m0/s1. The highest BCUT2D eigenvalue weighted by Gasteiger charge is 2.10. The van der Waals surface area contributed by atoms with Gasteiger partial charge in [-0.2, -0.15) is 0 Å². The molecule has 0 rings (SSSR count). The smallest absolute Gasteiger partial charge is 0.350 e.